The number of carboxylic acids is 4. The molecule has 0 fully saturated rings. The average molecular weight is 823 g/mol. The third-order valence-electron chi connectivity index (χ3n) is 6.16. The van der Waals surface area contributed by atoms with Gasteiger partial charge in [0, 0.05) is 49.3 Å². The number of hydrogen-bond donors (Lipinski definition) is 4. The fourth-order valence-electron chi connectivity index (χ4n) is 4.92. The molecule has 0 radical (unpaired) electrons. The lowest BCUT2D eigenvalue weighted by Crippen LogP contribution is -2.18. The second kappa shape index (κ2) is 8.87. The molecule has 0 amide bonds. The Bertz CT molecular complexity index is 1950. The summed E-state index contributed by atoms with van der Waals surface area (Å²) in [6, 6.07) is 5.02. The lowest BCUT2D eigenvalue weighted by Gasteiger charge is -2.23. The van der Waals surface area contributed by atoms with E-state index in [9.17, 15) is 39.6 Å². The van der Waals surface area contributed by atoms with Crippen LogP contribution in [0.15, 0.2) is 40.6 Å². The van der Waals surface area contributed by atoms with Crippen molar-refractivity contribution in [3.8, 4) is 0 Å². The van der Waals surface area contributed by atoms with Gasteiger partial charge in [0.1, 0.15) is 0 Å². The summed E-state index contributed by atoms with van der Waals surface area (Å²) < 4.78 is 1.95. The molecule has 8 nitrogen and oxygen atoms in total. The van der Waals surface area contributed by atoms with Gasteiger partial charge in [-0.25, -0.2) is 19.2 Å². The van der Waals surface area contributed by atoms with Crippen molar-refractivity contribution < 1.29 is 39.6 Å². The summed E-state index contributed by atoms with van der Waals surface area (Å²) in [6.07, 6.45) is 0. The number of fused-ring (bicyclic) bond motifs is 2. The number of benzene rings is 5. The molecular formula is C24H7Br5O8. The predicted molar refractivity (Wildman–Crippen MR) is 154 cm³/mol. The van der Waals surface area contributed by atoms with Crippen molar-refractivity contribution in [3.05, 3.63) is 62.8 Å². The fourth-order valence-corrected chi connectivity index (χ4v) is 7.88. The van der Waals surface area contributed by atoms with E-state index in [1.807, 2.05) is 0 Å². The SMILES string of the molecule is O=C(O)c1c(C(=O)O)c2c(C(=O)O)c(Br)c(Br)c3c4c(Br)c(Br)c(Br)c5cccc(c(c1C(=O)O)c23)c54. The van der Waals surface area contributed by atoms with Crippen LogP contribution in [0.1, 0.15) is 41.4 Å². The molecule has 0 saturated carbocycles. The molecule has 0 aliphatic rings. The van der Waals surface area contributed by atoms with Gasteiger partial charge in [-0.2, -0.15) is 0 Å². The lowest BCUT2D eigenvalue weighted by molar-refractivity contribution is 0.0635. The van der Waals surface area contributed by atoms with Gasteiger partial charge in [0.05, 0.1) is 22.3 Å². The van der Waals surface area contributed by atoms with Crippen LogP contribution >= 0.6 is 79.6 Å². The zero-order valence-corrected chi connectivity index (χ0v) is 25.5. The first-order valence-electron chi connectivity index (χ1n) is 9.90. The Kier molecular flexibility index (Phi) is 6.30. The van der Waals surface area contributed by atoms with Gasteiger partial charge in [0.2, 0.25) is 0 Å². The maximum atomic E-state index is 12.6. The molecule has 0 aliphatic carbocycles. The van der Waals surface area contributed by atoms with Crippen molar-refractivity contribution >= 4 is 147 Å². The number of aromatic carboxylic acids is 4. The molecular weight excluding hydrogens is 816 g/mol. The number of rotatable bonds is 4. The molecule has 13 heteroatoms. The van der Waals surface area contributed by atoms with Gasteiger partial charge in [-0.15, -0.1) is 0 Å². The van der Waals surface area contributed by atoms with E-state index < -0.39 is 51.5 Å². The third kappa shape index (κ3) is 3.40. The molecule has 0 aliphatic heterocycles. The minimum atomic E-state index is -1.82. The van der Waals surface area contributed by atoms with Crippen molar-refractivity contribution in [2.75, 3.05) is 0 Å². The first-order valence-corrected chi connectivity index (χ1v) is 13.9. The van der Waals surface area contributed by atoms with Crippen molar-refractivity contribution in [1.82, 2.24) is 0 Å². The van der Waals surface area contributed by atoms with Gasteiger partial charge in [-0.1, -0.05) is 18.2 Å². The van der Waals surface area contributed by atoms with Crippen LogP contribution in [0.2, 0.25) is 0 Å². The monoisotopic (exact) mass is 818 g/mol. The zero-order valence-electron chi connectivity index (χ0n) is 17.5. The Balaban J connectivity index is 2.44. The Morgan fingerprint density at radius 2 is 0.892 bits per heavy atom. The van der Waals surface area contributed by atoms with E-state index in [0.29, 0.717) is 40.3 Å². The summed E-state index contributed by atoms with van der Waals surface area (Å²) in [7, 11) is 0. The van der Waals surface area contributed by atoms with Crippen LogP contribution in [0.4, 0.5) is 0 Å². The Morgan fingerprint density at radius 3 is 1.43 bits per heavy atom. The summed E-state index contributed by atoms with van der Waals surface area (Å²) in [6.45, 7) is 0. The Labute approximate surface area is 247 Å². The average Bonchev–Trinajstić information content (AvgIpc) is 2.82. The first-order chi connectivity index (χ1) is 17.3. The van der Waals surface area contributed by atoms with Gasteiger partial charge in [0.15, 0.2) is 0 Å². The second-order valence-electron chi connectivity index (χ2n) is 7.89. The number of hydrogen-bond acceptors (Lipinski definition) is 4. The molecule has 0 bridgehead atoms. The zero-order chi connectivity index (χ0) is 27.2. The van der Waals surface area contributed by atoms with Crippen LogP contribution in [0, 0.1) is 0 Å². The minimum absolute atomic E-state index is 0.0119. The minimum Gasteiger partial charge on any atom is -0.478 e. The summed E-state index contributed by atoms with van der Waals surface area (Å²) in [5, 5.41) is 42.4. The molecule has 0 aromatic heterocycles. The van der Waals surface area contributed by atoms with E-state index in [2.05, 4.69) is 79.6 Å². The highest BCUT2D eigenvalue weighted by molar-refractivity contribution is 9.14. The summed E-state index contributed by atoms with van der Waals surface area (Å²) in [5.41, 5.74) is -3.22. The summed E-state index contributed by atoms with van der Waals surface area (Å²) in [4.78, 5) is 50.0. The van der Waals surface area contributed by atoms with Crippen LogP contribution in [0.3, 0.4) is 0 Å². The van der Waals surface area contributed by atoms with Gasteiger partial charge < -0.3 is 20.4 Å². The van der Waals surface area contributed by atoms with Crippen molar-refractivity contribution in [1.29, 1.82) is 0 Å². The molecule has 0 unspecified atom stereocenters. The third-order valence-corrected chi connectivity index (χ3v) is 11.8. The van der Waals surface area contributed by atoms with Crippen molar-refractivity contribution in [2.45, 2.75) is 0 Å². The predicted octanol–water partition coefficient (Wildman–Crippen LogP) is 8.34. The molecule has 0 saturated heterocycles. The van der Waals surface area contributed by atoms with Crippen LogP contribution in [-0.4, -0.2) is 44.3 Å². The number of carboxylic acid groups (broad SMARTS) is 4. The number of carbonyl (C=O) groups is 4. The van der Waals surface area contributed by atoms with Gasteiger partial charge in [-0.3, -0.25) is 0 Å². The van der Waals surface area contributed by atoms with E-state index in [1.54, 1.807) is 18.2 Å². The number of halogens is 5. The fraction of sp³-hybridized carbons (Fsp3) is 0. The maximum Gasteiger partial charge on any atom is 0.337 e. The van der Waals surface area contributed by atoms with Crippen LogP contribution in [0.25, 0.3) is 43.1 Å². The second-order valence-corrected chi connectivity index (χ2v) is 11.9. The molecule has 5 aromatic carbocycles. The maximum absolute atomic E-state index is 12.6. The van der Waals surface area contributed by atoms with E-state index in [1.165, 1.54) is 0 Å². The molecule has 4 N–H and O–H groups in total. The Morgan fingerprint density at radius 1 is 0.432 bits per heavy atom. The van der Waals surface area contributed by atoms with Crippen molar-refractivity contribution in [3.63, 3.8) is 0 Å². The largest absolute Gasteiger partial charge is 0.478 e. The lowest BCUT2D eigenvalue weighted by atomic mass is 9.81. The highest BCUT2D eigenvalue weighted by Crippen LogP contribution is 2.54. The van der Waals surface area contributed by atoms with E-state index in [0.717, 1.165) is 0 Å². The van der Waals surface area contributed by atoms with E-state index >= 15 is 0 Å². The standard InChI is InChI=1S/C24H7Br5O8/c25-16-5-3-1-2-4-6(5)10(18(27)20(16)29)11-8-7(4)12(21(30)31)14(23(34)35)13(22(32)33)9(8)15(24(36)37)19(28)17(11)26/h1-3H,(H,30,31)(H,32,33)(H,34,35)(H,36,37). The highest BCUT2D eigenvalue weighted by Gasteiger charge is 2.36. The van der Waals surface area contributed by atoms with E-state index in [-0.39, 0.29) is 19.7 Å². The van der Waals surface area contributed by atoms with Crippen LogP contribution in [0.5, 0.6) is 0 Å². The molecule has 0 spiro atoms. The quantitative estimate of drug-likeness (QED) is 0.0804. The molecule has 0 heterocycles. The smallest absolute Gasteiger partial charge is 0.337 e. The summed E-state index contributed by atoms with van der Waals surface area (Å²) >= 11 is 17.4. The van der Waals surface area contributed by atoms with Gasteiger partial charge in [-0.05, 0) is 95.8 Å². The normalized spacial score (nSPS) is 11.7. The van der Waals surface area contributed by atoms with E-state index in [4.69, 9.17) is 0 Å². The van der Waals surface area contributed by atoms with Gasteiger partial charge in [0.25, 0.3) is 0 Å². The molecule has 0 atom stereocenters. The molecule has 5 aromatic rings. The topological polar surface area (TPSA) is 149 Å². The summed E-state index contributed by atoms with van der Waals surface area (Å²) in [5.74, 6) is -6.81. The molecule has 5 rings (SSSR count). The first kappa shape index (κ1) is 26.3. The molecule has 37 heavy (non-hydrogen) atoms. The Hall–Kier alpha value is -2.32. The highest BCUT2D eigenvalue weighted by atomic mass is 79.9. The van der Waals surface area contributed by atoms with Crippen molar-refractivity contribution in [2.24, 2.45) is 0 Å². The molecule has 186 valence electrons. The van der Waals surface area contributed by atoms with Gasteiger partial charge >= 0.3 is 23.9 Å². The van der Waals surface area contributed by atoms with Crippen LogP contribution < -0.4 is 0 Å². The van der Waals surface area contributed by atoms with Crippen LogP contribution in [-0.2, 0) is 0 Å².